The summed E-state index contributed by atoms with van der Waals surface area (Å²) in [5, 5.41) is 14.1. The van der Waals surface area contributed by atoms with E-state index in [4.69, 9.17) is 27.9 Å². The zero-order valence-corrected chi connectivity index (χ0v) is 21.0. The number of nitrogens with zero attached hydrogens (tertiary/aromatic N) is 2. The molecule has 0 atom stereocenters. The number of methoxy groups -OCH3 is 1. The van der Waals surface area contributed by atoms with Crippen LogP contribution in [0.3, 0.4) is 0 Å². The molecule has 0 saturated heterocycles. The Hall–Kier alpha value is -3.11. The molecule has 0 radical (unpaired) electrons. The van der Waals surface area contributed by atoms with Crippen molar-refractivity contribution in [3.63, 3.8) is 0 Å². The number of hydrazone groups is 1. The van der Waals surface area contributed by atoms with Crippen molar-refractivity contribution in [3.8, 4) is 11.5 Å². The number of nitrogens with one attached hydrogen (secondary N) is 1. The lowest BCUT2D eigenvalue weighted by atomic mass is 10.1. The summed E-state index contributed by atoms with van der Waals surface area (Å²) in [6.45, 7) is -0.498. The predicted octanol–water partition coefficient (Wildman–Crippen LogP) is 4.09. The second-order valence-electron chi connectivity index (χ2n) is 7.34. The predicted molar refractivity (Wildman–Crippen MR) is 136 cm³/mol. The molecule has 0 spiro atoms. The number of phenols is 1. The number of benzene rings is 3. The third-order valence-corrected chi connectivity index (χ3v) is 7.53. The standard InChI is InChI=1S/C24H23Cl2N3O5S/c1-34-21-9-5-8-18(24(21)31)15-27-28-23(30)16-29(13-12-17-6-3-2-4-7-17)35(32,33)22-14-19(25)10-11-20(22)26/h2-11,14-15,31H,12-13,16H2,1H3,(H,28,30)/b27-15-. The van der Waals surface area contributed by atoms with Crippen LogP contribution < -0.4 is 10.2 Å². The first-order valence-corrected chi connectivity index (χ1v) is 12.6. The summed E-state index contributed by atoms with van der Waals surface area (Å²) >= 11 is 12.1. The first-order chi connectivity index (χ1) is 16.7. The van der Waals surface area contributed by atoms with Gasteiger partial charge < -0.3 is 9.84 Å². The number of hydrogen-bond acceptors (Lipinski definition) is 6. The van der Waals surface area contributed by atoms with Gasteiger partial charge in [0.1, 0.15) is 4.90 Å². The van der Waals surface area contributed by atoms with E-state index in [1.165, 1.54) is 31.5 Å². The van der Waals surface area contributed by atoms with E-state index in [9.17, 15) is 18.3 Å². The van der Waals surface area contributed by atoms with Gasteiger partial charge in [-0.1, -0.05) is 59.6 Å². The molecule has 3 rings (SSSR count). The molecule has 0 fully saturated rings. The maximum absolute atomic E-state index is 13.4. The number of phenolic OH excluding ortho intramolecular Hbond substituents is 1. The fourth-order valence-electron chi connectivity index (χ4n) is 3.17. The summed E-state index contributed by atoms with van der Waals surface area (Å²) in [6, 6.07) is 18.2. The van der Waals surface area contributed by atoms with Gasteiger partial charge in [-0.05, 0) is 42.3 Å². The minimum atomic E-state index is -4.16. The van der Waals surface area contributed by atoms with E-state index in [2.05, 4.69) is 10.5 Å². The summed E-state index contributed by atoms with van der Waals surface area (Å²) < 4.78 is 32.8. The van der Waals surface area contributed by atoms with Crippen LogP contribution in [0.4, 0.5) is 0 Å². The average molecular weight is 536 g/mol. The van der Waals surface area contributed by atoms with E-state index in [0.29, 0.717) is 12.0 Å². The van der Waals surface area contributed by atoms with Crippen molar-refractivity contribution >= 4 is 45.3 Å². The first kappa shape index (κ1) is 26.5. The van der Waals surface area contributed by atoms with Crippen LogP contribution in [-0.2, 0) is 21.2 Å². The molecule has 0 unspecified atom stereocenters. The zero-order chi connectivity index (χ0) is 25.4. The Bertz CT molecular complexity index is 1320. The summed E-state index contributed by atoms with van der Waals surface area (Å²) in [5.41, 5.74) is 3.50. The molecular formula is C24H23Cl2N3O5S. The van der Waals surface area contributed by atoms with E-state index in [0.717, 1.165) is 9.87 Å². The van der Waals surface area contributed by atoms with E-state index in [1.54, 1.807) is 18.2 Å². The molecule has 3 aromatic carbocycles. The number of rotatable bonds is 10. The summed E-state index contributed by atoms with van der Waals surface area (Å²) in [7, 11) is -2.75. The van der Waals surface area contributed by atoms with Gasteiger partial charge in [0, 0.05) is 17.1 Å². The highest BCUT2D eigenvalue weighted by Gasteiger charge is 2.29. The van der Waals surface area contributed by atoms with Gasteiger partial charge in [0.25, 0.3) is 5.91 Å². The van der Waals surface area contributed by atoms with Gasteiger partial charge in [-0.3, -0.25) is 4.79 Å². The molecule has 2 N–H and O–H groups in total. The molecule has 35 heavy (non-hydrogen) atoms. The van der Waals surface area contributed by atoms with Crippen molar-refractivity contribution < 1.29 is 23.1 Å². The number of carbonyl (C=O) groups is 1. The normalized spacial score (nSPS) is 11.7. The Kier molecular flexibility index (Phi) is 9.11. The van der Waals surface area contributed by atoms with Crippen molar-refractivity contribution in [2.75, 3.05) is 20.2 Å². The minimum Gasteiger partial charge on any atom is -0.504 e. The monoisotopic (exact) mass is 535 g/mol. The van der Waals surface area contributed by atoms with Gasteiger partial charge in [0.15, 0.2) is 11.5 Å². The van der Waals surface area contributed by atoms with Crippen LogP contribution in [0.25, 0.3) is 0 Å². The van der Waals surface area contributed by atoms with E-state index < -0.39 is 22.5 Å². The Labute approximate surface area is 213 Å². The minimum absolute atomic E-state index is 0.00830. The smallest absolute Gasteiger partial charge is 0.255 e. The van der Waals surface area contributed by atoms with Crippen LogP contribution in [0, 0.1) is 0 Å². The zero-order valence-electron chi connectivity index (χ0n) is 18.7. The van der Waals surface area contributed by atoms with E-state index in [-0.39, 0.29) is 33.0 Å². The molecule has 0 heterocycles. The Morgan fingerprint density at radius 2 is 1.86 bits per heavy atom. The molecule has 1 amide bonds. The molecule has 11 heteroatoms. The van der Waals surface area contributed by atoms with Crippen LogP contribution in [-0.4, -0.2) is 50.2 Å². The Balaban J connectivity index is 1.79. The third-order valence-electron chi connectivity index (χ3n) is 4.97. The second kappa shape index (κ2) is 12.0. The van der Waals surface area contributed by atoms with Crippen LogP contribution in [0.15, 0.2) is 76.7 Å². The molecule has 0 bridgehead atoms. The molecule has 0 aromatic heterocycles. The lowest BCUT2D eigenvalue weighted by molar-refractivity contribution is -0.121. The number of amides is 1. The van der Waals surface area contributed by atoms with Crippen LogP contribution in [0.1, 0.15) is 11.1 Å². The number of carbonyl (C=O) groups excluding carboxylic acids is 1. The van der Waals surface area contributed by atoms with Gasteiger partial charge in [-0.25, -0.2) is 13.8 Å². The highest BCUT2D eigenvalue weighted by Crippen LogP contribution is 2.29. The molecule has 0 aliphatic heterocycles. The topological polar surface area (TPSA) is 108 Å². The van der Waals surface area contributed by atoms with Crippen LogP contribution in [0.2, 0.25) is 10.0 Å². The molecule has 0 aliphatic carbocycles. The quantitative estimate of drug-likeness (QED) is 0.300. The van der Waals surface area contributed by atoms with Gasteiger partial charge in [0.2, 0.25) is 10.0 Å². The lowest BCUT2D eigenvalue weighted by Crippen LogP contribution is -2.40. The van der Waals surface area contributed by atoms with Gasteiger partial charge in [-0.15, -0.1) is 0 Å². The molecule has 0 saturated carbocycles. The fraction of sp³-hybridized carbons (Fsp3) is 0.167. The Morgan fingerprint density at radius 3 is 2.57 bits per heavy atom. The van der Waals surface area contributed by atoms with Crippen molar-refractivity contribution in [1.82, 2.24) is 9.73 Å². The van der Waals surface area contributed by atoms with Crippen molar-refractivity contribution in [2.24, 2.45) is 5.10 Å². The average Bonchev–Trinajstić information content (AvgIpc) is 2.84. The molecule has 8 nitrogen and oxygen atoms in total. The van der Waals surface area contributed by atoms with Crippen LogP contribution in [0.5, 0.6) is 11.5 Å². The number of para-hydroxylation sites is 1. The number of halogens is 2. The molecule has 3 aromatic rings. The van der Waals surface area contributed by atoms with Gasteiger partial charge >= 0.3 is 0 Å². The fourth-order valence-corrected chi connectivity index (χ4v) is 5.31. The van der Waals surface area contributed by atoms with E-state index >= 15 is 0 Å². The number of ether oxygens (including phenoxy) is 1. The Morgan fingerprint density at radius 1 is 1.11 bits per heavy atom. The maximum Gasteiger partial charge on any atom is 0.255 e. The maximum atomic E-state index is 13.4. The van der Waals surface area contributed by atoms with Crippen molar-refractivity contribution in [2.45, 2.75) is 11.3 Å². The highest BCUT2D eigenvalue weighted by molar-refractivity contribution is 7.89. The number of hydrogen-bond donors (Lipinski definition) is 2. The molecular weight excluding hydrogens is 513 g/mol. The SMILES string of the molecule is COc1cccc(/C=N\NC(=O)CN(CCc2ccccc2)S(=O)(=O)c2cc(Cl)ccc2Cl)c1O. The van der Waals surface area contributed by atoms with Gasteiger partial charge in [-0.2, -0.15) is 9.41 Å². The van der Waals surface area contributed by atoms with Crippen molar-refractivity contribution in [3.05, 3.63) is 87.9 Å². The van der Waals surface area contributed by atoms with Crippen LogP contribution >= 0.6 is 23.2 Å². The number of aromatic hydroxyl groups is 1. The second-order valence-corrected chi connectivity index (χ2v) is 10.1. The van der Waals surface area contributed by atoms with Crippen molar-refractivity contribution in [1.29, 1.82) is 0 Å². The molecule has 0 aliphatic rings. The third kappa shape index (κ3) is 6.95. The number of sulfonamides is 1. The first-order valence-electron chi connectivity index (χ1n) is 10.4. The largest absolute Gasteiger partial charge is 0.504 e. The van der Waals surface area contributed by atoms with E-state index in [1.807, 2.05) is 30.3 Å². The summed E-state index contributed by atoms with van der Waals surface area (Å²) in [4.78, 5) is 12.4. The lowest BCUT2D eigenvalue weighted by Gasteiger charge is -2.22. The molecule has 184 valence electrons. The summed E-state index contributed by atoms with van der Waals surface area (Å²) in [6.07, 6.45) is 1.60. The summed E-state index contributed by atoms with van der Waals surface area (Å²) in [5.74, 6) is -0.578. The van der Waals surface area contributed by atoms with Gasteiger partial charge in [0.05, 0.1) is 24.9 Å². The highest BCUT2D eigenvalue weighted by atomic mass is 35.5.